The van der Waals surface area contributed by atoms with E-state index in [0.29, 0.717) is 37.8 Å². The number of Topliss-reactive ketones (excluding diaryl/α,β-unsaturated/α-hetero) is 1. The molecule has 9 heteroatoms. The second-order valence-corrected chi connectivity index (χ2v) is 10.9. The largest absolute Gasteiger partial charge is 0.465 e. The van der Waals surface area contributed by atoms with Gasteiger partial charge in [-0.05, 0) is 84.1 Å². The van der Waals surface area contributed by atoms with Gasteiger partial charge in [0.15, 0.2) is 5.78 Å². The van der Waals surface area contributed by atoms with E-state index in [1.807, 2.05) is 32.6 Å². The van der Waals surface area contributed by atoms with Crippen molar-refractivity contribution in [1.82, 2.24) is 14.7 Å². The Kier molecular flexibility index (Phi) is 12.7. The summed E-state index contributed by atoms with van der Waals surface area (Å²) >= 11 is 0. The highest BCUT2D eigenvalue weighted by molar-refractivity contribution is 6.00. The molecular formula is C28H45N3O6. The van der Waals surface area contributed by atoms with E-state index in [2.05, 4.69) is 5.92 Å². The van der Waals surface area contributed by atoms with Gasteiger partial charge in [0.2, 0.25) is 5.78 Å². The lowest BCUT2D eigenvalue weighted by Gasteiger charge is -2.37. The van der Waals surface area contributed by atoms with Crippen LogP contribution >= 0.6 is 0 Å². The van der Waals surface area contributed by atoms with Crippen LogP contribution in [0.1, 0.15) is 74.1 Å². The fraction of sp³-hybridized carbons (Fsp3) is 0.714. The van der Waals surface area contributed by atoms with Crippen LogP contribution in [-0.2, 0) is 14.3 Å². The Morgan fingerprint density at radius 1 is 0.973 bits per heavy atom. The monoisotopic (exact) mass is 519 g/mol. The Hall–Kier alpha value is -3.02. The Morgan fingerprint density at radius 2 is 1.49 bits per heavy atom. The summed E-state index contributed by atoms with van der Waals surface area (Å²) in [5, 5.41) is 9.18. The first kappa shape index (κ1) is 32.0. The number of ether oxygens (including phenoxy) is 1. The molecule has 9 nitrogen and oxygen atoms in total. The molecule has 2 aliphatic heterocycles. The highest BCUT2D eigenvalue weighted by atomic mass is 16.6. The molecule has 0 radical (unpaired) electrons. The number of hydrogen-bond donors (Lipinski definition) is 1. The van der Waals surface area contributed by atoms with Gasteiger partial charge in [-0.1, -0.05) is 13.8 Å². The number of likely N-dealkylation sites (tertiary alicyclic amines) is 2. The highest BCUT2D eigenvalue weighted by Gasteiger charge is 2.36. The van der Waals surface area contributed by atoms with Crippen molar-refractivity contribution < 1.29 is 29.0 Å². The molecule has 0 aromatic carbocycles. The molecule has 4 unspecified atom stereocenters. The maximum atomic E-state index is 12.1. The van der Waals surface area contributed by atoms with Crippen LogP contribution in [0.3, 0.4) is 0 Å². The predicted molar refractivity (Wildman–Crippen MR) is 143 cm³/mol. The SMILES string of the molecule is C#CC(=O)C1CCC(C)CN1C(=O)OC(C)(C)C.CCN(C=CC(=O)C1CCC(C)CN1C(=O)O)CC. The third kappa shape index (κ3) is 10.5. The van der Waals surface area contributed by atoms with Crippen molar-refractivity contribution in [3.05, 3.63) is 12.3 Å². The minimum absolute atomic E-state index is 0.110. The first-order valence-electron chi connectivity index (χ1n) is 13.2. The second-order valence-electron chi connectivity index (χ2n) is 10.9. The minimum atomic E-state index is -0.999. The molecule has 208 valence electrons. The lowest BCUT2D eigenvalue weighted by molar-refractivity contribution is -0.121. The van der Waals surface area contributed by atoms with Crippen molar-refractivity contribution in [2.75, 3.05) is 26.2 Å². The Morgan fingerprint density at radius 3 is 1.95 bits per heavy atom. The number of piperidine rings is 2. The van der Waals surface area contributed by atoms with Gasteiger partial charge < -0.3 is 14.7 Å². The van der Waals surface area contributed by atoms with Crippen LogP contribution < -0.4 is 0 Å². The maximum absolute atomic E-state index is 12.1. The lowest BCUT2D eigenvalue weighted by atomic mass is 9.92. The van der Waals surface area contributed by atoms with Crippen LogP contribution in [0.2, 0.25) is 0 Å². The second kappa shape index (κ2) is 14.7. The molecule has 4 atom stereocenters. The highest BCUT2D eigenvalue weighted by Crippen LogP contribution is 2.25. The van der Waals surface area contributed by atoms with E-state index in [1.54, 1.807) is 27.0 Å². The van der Waals surface area contributed by atoms with Gasteiger partial charge in [-0.15, -0.1) is 6.42 Å². The molecule has 0 aliphatic carbocycles. The first-order chi connectivity index (χ1) is 17.2. The van der Waals surface area contributed by atoms with E-state index in [4.69, 9.17) is 11.2 Å². The van der Waals surface area contributed by atoms with Crippen LogP contribution in [0.4, 0.5) is 9.59 Å². The van der Waals surface area contributed by atoms with Crippen molar-refractivity contribution in [3.8, 4) is 12.3 Å². The summed E-state index contributed by atoms with van der Waals surface area (Å²) in [6.45, 7) is 16.2. The van der Waals surface area contributed by atoms with E-state index in [1.165, 1.54) is 15.9 Å². The van der Waals surface area contributed by atoms with Crippen LogP contribution in [0.5, 0.6) is 0 Å². The van der Waals surface area contributed by atoms with Crippen molar-refractivity contribution in [2.24, 2.45) is 11.8 Å². The average Bonchev–Trinajstić information content (AvgIpc) is 2.83. The summed E-state index contributed by atoms with van der Waals surface area (Å²) < 4.78 is 5.32. The molecule has 2 amide bonds. The third-order valence-corrected chi connectivity index (χ3v) is 6.54. The Labute approximate surface area is 222 Å². The number of amides is 2. The zero-order chi connectivity index (χ0) is 28.3. The van der Waals surface area contributed by atoms with E-state index in [-0.39, 0.29) is 11.6 Å². The Bertz CT molecular complexity index is 868. The fourth-order valence-corrected chi connectivity index (χ4v) is 4.43. The standard InChI is InChI=1S/C14H24N2O3.C14H21NO3/c1-4-15(5-2)9-8-13(17)12-7-6-11(3)10-16(12)14(18)19;1-6-12(16)11-8-7-10(2)9-15(11)13(17)18-14(3,4)5/h8-9,11-12H,4-7,10H2,1-3H3,(H,18,19);1,10-11H,7-9H2,2-5H3. The van der Waals surface area contributed by atoms with Gasteiger partial charge in [-0.2, -0.15) is 0 Å². The molecule has 37 heavy (non-hydrogen) atoms. The molecule has 1 N–H and O–H groups in total. The number of nitrogens with zero attached hydrogens (tertiary/aromatic N) is 3. The van der Waals surface area contributed by atoms with Gasteiger partial charge in [0.25, 0.3) is 0 Å². The van der Waals surface area contributed by atoms with Crippen LogP contribution in [-0.4, -0.2) is 87.4 Å². The maximum Gasteiger partial charge on any atom is 0.410 e. The summed E-state index contributed by atoms with van der Waals surface area (Å²) in [7, 11) is 0. The van der Waals surface area contributed by atoms with E-state index < -0.39 is 29.9 Å². The van der Waals surface area contributed by atoms with Crippen molar-refractivity contribution >= 4 is 23.8 Å². The summed E-state index contributed by atoms with van der Waals surface area (Å²) in [6, 6.07) is -1.04. The molecule has 0 saturated carbocycles. The van der Waals surface area contributed by atoms with Crippen molar-refractivity contribution in [2.45, 2.75) is 91.8 Å². The van der Waals surface area contributed by atoms with Gasteiger partial charge in [0.05, 0.1) is 6.04 Å². The number of carbonyl (C=O) groups excluding carboxylic acids is 3. The molecule has 2 heterocycles. The number of carbonyl (C=O) groups is 4. The predicted octanol–water partition coefficient (Wildman–Crippen LogP) is 4.41. The quantitative estimate of drug-likeness (QED) is 0.315. The molecule has 2 rings (SSSR count). The average molecular weight is 520 g/mol. The summed E-state index contributed by atoms with van der Waals surface area (Å²) in [5.41, 5.74) is -0.568. The van der Waals surface area contributed by atoms with Gasteiger partial charge >= 0.3 is 12.2 Å². The number of hydrogen-bond acceptors (Lipinski definition) is 6. The summed E-state index contributed by atoms with van der Waals surface area (Å²) in [5.74, 6) is 2.35. The third-order valence-electron chi connectivity index (χ3n) is 6.54. The number of terminal acetylenes is 1. The van der Waals surface area contributed by atoms with Crippen LogP contribution in [0.25, 0.3) is 0 Å². The van der Waals surface area contributed by atoms with E-state index in [9.17, 15) is 24.3 Å². The van der Waals surface area contributed by atoms with Crippen molar-refractivity contribution in [3.63, 3.8) is 0 Å². The topological polar surface area (TPSA) is 107 Å². The number of carboxylic acid groups (broad SMARTS) is 1. The molecule has 2 fully saturated rings. The minimum Gasteiger partial charge on any atom is -0.465 e. The fourth-order valence-electron chi connectivity index (χ4n) is 4.43. The summed E-state index contributed by atoms with van der Waals surface area (Å²) in [6.07, 6.45) is 10.0. The molecule has 0 bridgehead atoms. The van der Waals surface area contributed by atoms with Gasteiger partial charge in [-0.3, -0.25) is 19.4 Å². The Balaban J connectivity index is 0.000000371. The molecule has 0 spiro atoms. The van der Waals surface area contributed by atoms with E-state index >= 15 is 0 Å². The normalized spacial score (nSPS) is 23.9. The smallest absolute Gasteiger partial charge is 0.410 e. The first-order valence-corrected chi connectivity index (χ1v) is 13.2. The van der Waals surface area contributed by atoms with Gasteiger partial charge in [0.1, 0.15) is 11.6 Å². The van der Waals surface area contributed by atoms with Gasteiger partial charge in [-0.25, -0.2) is 9.59 Å². The van der Waals surface area contributed by atoms with Crippen molar-refractivity contribution in [1.29, 1.82) is 0 Å². The number of rotatable bonds is 6. The zero-order valence-electron chi connectivity index (χ0n) is 23.5. The van der Waals surface area contributed by atoms with E-state index in [0.717, 1.165) is 25.9 Å². The molecule has 0 aromatic rings. The zero-order valence-corrected chi connectivity index (χ0v) is 23.5. The summed E-state index contributed by atoms with van der Waals surface area (Å²) in [4.78, 5) is 51.8. The molecular weight excluding hydrogens is 474 g/mol. The number of ketones is 2. The van der Waals surface area contributed by atoms with Crippen LogP contribution in [0.15, 0.2) is 12.3 Å². The lowest BCUT2D eigenvalue weighted by Crippen LogP contribution is -2.51. The molecule has 0 aromatic heterocycles. The van der Waals surface area contributed by atoms with Crippen LogP contribution in [0, 0.1) is 24.2 Å². The molecule has 2 saturated heterocycles. The van der Waals surface area contributed by atoms with Gasteiger partial charge in [0, 0.05) is 32.4 Å². The molecule has 2 aliphatic rings.